The Labute approximate surface area is 52.7 Å². The third kappa shape index (κ3) is 1.56. The Hall–Kier alpha value is -1.32. The van der Waals surface area contributed by atoms with E-state index in [-0.39, 0.29) is 0 Å². The molecular weight excluding hydrogens is 118 g/mol. The van der Waals surface area contributed by atoms with Crippen LogP contribution in [0, 0.1) is 0 Å². The Kier molecular flexibility index (Phi) is 1.85. The van der Waals surface area contributed by atoms with Gasteiger partial charge in [0.25, 0.3) is 0 Å². The van der Waals surface area contributed by atoms with Gasteiger partial charge in [-0.2, -0.15) is 0 Å². The molecular formula is C5H7N3O. The third-order valence-electron chi connectivity index (χ3n) is 0.727. The fourth-order valence-corrected chi connectivity index (χ4v) is 0.397. The first kappa shape index (κ1) is 5.81. The van der Waals surface area contributed by atoms with E-state index in [9.17, 15) is 0 Å². The van der Waals surface area contributed by atoms with Crippen LogP contribution in [0.25, 0.3) is 0 Å². The quantitative estimate of drug-likeness (QED) is 0.421. The van der Waals surface area contributed by atoms with Crippen LogP contribution in [0.2, 0.25) is 0 Å². The number of oxime groups is 1. The molecule has 0 aliphatic rings. The van der Waals surface area contributed by atoms with Gasteiger partial charge in [-0.1, -0.05) is 5.16 Å². The van der Waals surface area contributed by atoms with Crippen molar-refractivity contribution in [1.29, 1.82) is 0 Å². The number of hydrogen-bond acceptors (Lipinski definition) is 3. The van der Waals surface area contributed by atoms with E-state index in [1.807, 2.05) is 0 Å². The maximum atomic E-state index is 4.72. The molecule has 0 radical (unpaired) electrons. The first-order valence-corrected chi connectivity index (χ1v) is 2.57. The lowest BCUT2D eigenvalue weighted by Crippen LogP contribution is -2.00. The van der Waals surface area contributed by atoms with Crippen LogP contribution in [0.1, 0.15) is 6.92 Å². The van der Waals surface area contributed by atoms with E-state index in [2.05, 4.69) is 10.1 Å². The molecule has 4 nitrogen and oxygen atoms in total. The van der Waals surface area contributed by atoms with Crippen LogP contribution in [0.5, 0.6) is 0 Å². The minimum atomic E-state index is 1.40. The lowest BCUT2D eigenvalue weighted by Gasteiger charge is -1.92. The number of hydrogen-bond donors (Lipinski definition) is 0. The van der Waals surface area contributed by atoms with Crippen LogP contribution in [0.4, 0.5) is 0 Å². The van der Waals surface area contributed by atoms with Crippen LogP contribution in [0.3, 0.4) is 0 Å². The summed E-state index contributed by atoms with van der Waals surface area (Å²) in [4.78, 5) is 8.46. The highest BCUT2D eigenvalue weighted by Gasteiger charge is 1.81. The molecule has 0 saturated carbocycles. The van der Waals surface area contributed by atoms with Gasteiger partial charge in [0.05, 0.1) is 6.20 Å². The SMILES string of the molecule is C/C=N/On1ccnc1. The van der Waals surface area contributed by atoms with E-state index in [4.69, 9.17) is 4.94 Å². The first-order valence-electron chi connectivity index (χ1n) is 2.57. The molecule has 0 aliphatic heterocycles. The lowest BCUT2D eigenvalue weighted by atomic mass is 10.9. The minimum Gasteiger partial charge on any atom is -0.263 e. The van der Waals surface area contributed by atoms with E-state index in [1.165, 1.54) is 11.1 Å². The summed E-state index contributed by atoms with van der Waals surface area (Å²) in [5.74, 6) is 0. The molecule has 0 spiro atoms. The summed E-state index contributed by atoms with van der Waals surface area (Å²) in [6.45, 7) is 1.77. The highest BCUT2D eigenvalue weighted by Crippen LogP contribution is 1.78. The fourth-order valence-electron chi connectivity index (χ4n) is 0.397. The number of imidazole rings is 1. The van der Waals surface area contributed by atoms with E-state index in [1.54, 1.807) is 25.5 Å². The summed E-state index contributed by atoms with van der Waals surface area (Å²) < 4.78 is 1.40. The van der Waals surface area contributed by atoms with Crippen molar-refractivity contribution in [1.82, 2.24) is 9.71 Å². The normalized spacial score (nSPS) is 10.3. The highest BCUT2D eigenvalue weighted by atomic mass is 16.8. The Morgan fingerprint density at radius 1 is 1.78 bits per heavy atom. The molecule has 1 aromatic rings. The number of aromatic nitrogens is 2. The van der Waals surface area contributed by atoms with Crippen LogP contribution in [-0.4, -0.2) is 15.9 Å². The predicted molar refractivity (Wildman–Crippen MR) is 33.0 cm³/mol. The Morgan fingerprint density at radius 2 is 2.67 bits per heavy atom. The molecule has 1 aromatic heterocycles. The van der Waals surface area contributed by atoms with Crippen molar-refractivity contribution in [2.24, 2.45) is 5.16 Å². The van der Waals surface area contributed by atoms with Gasteiger partial charge in [-0.15, -0.1) is 4.73 Å². The van der Waals surface area contributed by atoms with Crippen LogP contribution >= 0.6 is 0 Å². The van der Waals surface area contributed by atoms with Crippen LogP contribution in [-0.2, 0) is 0 Å². The van der Waals surface area contributed by atoms with Crippen molar-refractivity contribution in [3.8, 4) is 0 Å². The fraction of sp³-hybridized carbons (Fsp3) is 0.200. The third-order valence-corrected chi connectivity index (χ3v) is 0.727. The van der Waals surface area contributed by atoms with Gasteiger partial charge in [-0.3, -0.25) is 4.94 Å². The molecule has 0 aliphatic carbocycles. The molecule has 0 unspecified atom stereocenters. The molecule has 9 heavy (non-hydrogen) atoms. The average Bonchev–Trinajstić information content (AvgIpc) is 2.34. The first-order chi connectivity index (χ1) is 4.43. The molecule has 0 N–H and O–H groups in total. The smallest absolute Gasteiger partial charge is 0.134 e. The molecule has 0 bridgehead atoms. The summed E-state index contributed by atoms with van der Waals surface area (Å²) in [6.07, 6.45) is 6.35. The summed E-state index contributed by atoms with van der Waals surface area (Å²) in [6, 6.07) is 0. The Bertz CT molecular complexity index is 180. The Morgan fingerprint density at radius 3 is 3.22 bits per heavy atom. The molecule has 0 amide bonds. The standard InChI is InChI=1S/C5H7N3O/c1-2-7-9-8-4-3-6-5-8/h2-5H,1H3/b7-2+. The van der Waals surface area contributed by atoms with Crippen molar-refractivity contribution in [2.45, 2.75) is 6.92 Å². The largest absolute Gasteiger partial charge is 0.263 e. The highest BCUT2D eigenvalue weighted by molar-refractivity contribution is 5.52. The molecule has 1 heterocycles. The summed E-state index contributed by atoms with van der Waals surface area (Å²) in [7, 11) is 0. The molecule has 0 atom stereocenters. The van der Waals surface area contributed by atoms with E-state index in [0.717, 1.165) is 0 Å². The van der Waals surface area contributed by atoms with Gasteiger partial charge in [-0.05, 0) is 6.92 Å². The average molecular weight is 125 g/mol. The van der Waals surface area contributed by atoms with Gasteiger partial charge in [0, 0.05) is 12.4 Å². The van der Waals surface area contributed by atoms with Crippen molar-refractivity contribution < 1.29 is 4.94 Å². The van der Waals surface area contributed by atoms with Crippen molar-refractivity contribution in [2.75, 3.05) is 0 Å². The maximum Gasteiger partial charge on any atom is 0.134 e. The second kappa shape index (κ2) is 2.86. The molecule has 4 heteroatoms. The van der Waals surface area contributed by atoms with Gasteiger partial charge in [0.15, 0.2) is 0 Å². The van der Waals surface area contributed by atoms with Gasteiger partial charge in [0.1, 0.15) is 6.33 Å². The Balaban J connectivity index is 2.48. The minimum absolute atomic E-state index is 1.40. The zero-order chi connectivity index (χ0) is 6.53. The van der Waals surface area contributed by atoms with E-state index in [0.29, 0.717) is 0 Å². The van der Waals surface area contributed by atoms with E-state index >= 15 is 0 Å². The lowest BCUT2D eigenvalue weighted by molar-refractivity contribution is 0.119. The molecule has 0 aromatic carbocycles. The zero-order valence-corrected chi connectivity index (χ0v) is 5.06. The topological polar surface area (TPSA) is 39.4 Å². The van der Waals surface area contributed by atoms with Crippen molar-refractivity contribution >= 4 is 6.21 Å². The summed E-state index contributed by atoms with van der Waals surface area (Å²) >= 11 is 0. The van der Waals surface area contributed by atoms with Gasteiger partial charge < -0.3 is 0 Å². The number of rotatable bonds is 2. The molecule has 0 fully saturated rings. The summed E-state index contributed by atoms with van der Waals surface area (Å²) in [5.41, 5.74) is 0. The second-order valence-corrected chi connectivity index (χ2v) is 1.37. The van der Waals surface area contributed by atoms with Crippen molar-refractivity contribution in [3.05, 3.63) is 18.7 Å². The van der Waals surface area contributed by atoms with Gasteiger partial charge in [-0.25, -0.2) is 4.98 Å². The molecule has 48 valence electrons. The monoisotopic (exact) mass is 125 g/mol. The summed E-state index contributed by atoms with van der Waals surface area (Å²) in [5, 5.41) is 3.51. The predicted octanol–water partition coefficient (Wildman–Crippen LogP) is 0.317. The zero-order valence-electron chi connectivity index (χ0n) is 5.06. The number of nitrogens with zero attached hydrogens (tertiary/aromatic N) is 3. The second-order valence-electron chi connectivity index (χ2n) is 1.37. The van der Waals surface area contributed by atoms with Gasteiger partial charge in [0.2, 0.25) is 0 Å². The maximum absolute atomic E-state index is 4.72. The van der Waals surface area contributed by atoms with E-state index < -0.39 is 0 Å². The van der Waals surface area contributed by atoms with Gasteiger partial charge >= 0.3 is 0 Å². The molecule has 1 rings (SSSR count). The van der Waals surface area contributed by atoms with Crippen molar-refractivity contribution in [3.63, 3.8) is 0 Å². The van der Waals surface area contributed by atoms with Crippen LogP contribution in [0.15, 0.2) is 23.9 Å². The molecule has 0 saturated heterocycles. The van der Waals surface area contributed by atoms with Crippen LogP contribution < -0.4 is 4.94 Å².